The summed E-state index contributed by atoms with van der Waals surface area (Å²) in [4.78, 5) is 24.8. The number of carbonyl (C=O) groups is 2. The molecule has 0 unspecified atom stereocenters. The zero-order chi connectivity index (χ0) is 18.6. The largest absolute Gasteiger partial charge is 0.480 e. The van der Waals surface area contributed by atoms with Crippen LogP contribution in [0.4, 0.5) is 0 Å². The molecule has 0 saturated carbocycles. The van der Waals surface area contributed by atoms with E-state index < -0.39 is 54.9 Å². The summed E-state index contributed by atoms with van der Waals surface area (Å²) >= 11 is 0. The van der Waals surface area contributed by atoms with Crippen molar-refractivity contribution in [2.75, 3.05) is 0 Å². The number of fused-ring (bicyclic) bond motifs is 1. The van der Waals surface area contributed by atoms with Crippen molar-refractivity contribution >= 4 is 32.7 Å². The molecule has 1 amide bonds. The minimum absolute atomic E-state index is 0.317. The summed E-state index contributed by atoms with van der Waals surface area (Å²) in [7, 11) is -5.55. The van der Waals surface area contributed by atoms with Gasteiger partial charge in [-0.3, -0.25) is 9.00 Å². The Hall–Kier alpha value is -1.78. The van der Waals surface area contributed by atoms with Crippen LogP contribution in [-0.4, -0.2) is 56.7 Å². The van der Waals surface area contributed by atoms with Crippen molar-refractivity contribution in [2.45, 2.75) is 41.8 Å². The molecule has 1 aromatic rings. The summed E-state index contributed by atoms with van der Waals surface area (Å²) in [6.45, 7) is 3.01. The lowest BCUT2D eigenvalue weighted by atomic mass is 9.96. The molecule has 2 N–H and O–H groups in total. The highest BCUT2D eigenvalue weighted by atomic mass is 32.2. The van der Waals surface area contributed by atoms with Gasteiger partial charge < -0.3 is 10.0 Å². The van der Waals surface area contributed by atoms with Gasteiger partial charge in [0.2, 0.25) is 15.9 Å². The molecular weight excluding hydrogens is 368 g/mol. The van der Waals surface area contributed by atoms with Crippen LogP contribution in [0.15, 0.2) is 30.3 Å². The smallest absolute Gasteiger partial charge is 0.328 e. The second-order valence-corrected chi connectivity index (χ2v) is 10.5. The summed E-state index contributed by atoms with van der Waals surface area (Å²) in [6.07, 6.45) is 0. The number of carbonyl (C=O) groups excluding carboxylic acids is 1. The number of nitrogens with one attached hydrogen (secondary N) is 1. The van der Waals surface area contributed by atoms with Crippen LogP contribution < -0.4 is 4.72 Å². The van der Waals surface area contributed by atoms with Gasteiger partial charge in [-0.25, -0.2) is 13.2 Å². The maximum atomic E-state index is 12.6. The molecule has 25 heavy (non-hydrogen) atoms. The number of nitrogens with zero attached hydrogens (tertiary/aromatic N) is 1. The third-order valence-electron chi connectivity index (χ3n) is 4.49. The predicted octanol–water partition coefficient (Wildman–Crippen LogP) is -0.363. The molecule has 8 nitrogen and oxygen atoms in total. The van der Waals surface area contributed by atoms with Gasteiger partial charge in [-0.2, -0.15) is 4.72 Å². The van der Waals surface area contributed by atoms with Crippen LogP contribution in [-0.2, 0) is 36.2 Å². The fraction of sp³-hybridized carbons (Fsp3) is 0.467. The van der Waals surface area contributed by atoms with E-state index in [-0.39, 0.29) is 5.75 Å². The summed E-state index contributed by atoms with van der Waals surface area (Å²) < 4.78 is 38.4. The van der Waals surface area contributed by atoms with Crippen LogP contribution in [0.5, 0.6) is 0 Å². The lowest BCUT2D eigenvalue weighted by molar-refractivity contribution is -0.159. The van der Waals surface area contributed by atoms with Crippen molar-refractivity contribution < 1.29 is 27.3 Å². The molecule has 10 heteroatoms. The van der Waals surface area contributed by atoms with E-state index in [0.717, 1.165) is 4.90 Å². The minimum Gasteiger partial charge on any atom is -0.480 e. The maximum Gasteiger partial charge on any atom is 0.328 e. The van der Waals surface area contributed by atoms with E-state index in [0.29, 0.717) is 5.56 Å². The molecule has 0 radical (unpaired) electrons. The lowest BCUT2D eigenvalue weighted by Crippen LogP contribution is -2.71. The number of benzene rings is 1. The highest BCUT2D eigenvalue weighted by molar-refractivity contribution is 7.89. The number of hydrogen-bond acceptors (Lipinski definition) is 5. The Kier molecular flexibility index (Phi) is 4.25. The first-order valence-electron chi connectivity index (χ1n) is 7.56. The SMILES string of the molecule is CC1(C)[C@H](C(=O)O)N2C(=O)[C@@H](NS(=O)(=O)Cc3ccccc3)[C@H]2[S@]1=O. The van der Waals surface area contributed by atoms with Crippen LogP contribution in [0, 0.1) is 0 Å². The zero-order valence-electron chi connectivity index (χ0n) is 13.6. The van der Waals surface area contributed by atoms with E-state index in [9.17, 15) is 27.3 Å². The third-order valence-corrected chi connectivity index (χ3v) is 8.02. The van der Waals surface area contributed by atoms with Crippen molar-refractivity contribution in [3.63, 3.8) is 0 Å². The molecule has 2 saturated heterocycles. The summed E-state index contributed by atoms with van der Waals surface area (Å²) in [5.41, 5.74) is 0.551. The van der Waals surface area contributed by atoms with Gasteiger partial charge >= 0.3 is 5.97 Å². The molecule has 2 aliphatic heterocycles. The number of carboxylic acid groups (broad SMARTS) is 1. The topological polar surface area (TPSA) is 121 Å². The average Bonchev–Trinajstić information content (AvgIpc) is 2.71. The van der Waals surface area contributed by atoms with Crippen LogP contribution in [0.25, 0.3) is 0 Å². The first-order chi connectivity index (χ1) is 11.6. The fourth-order valence-corrected chi connectivity index (χ4v) is 6.63. The molecule has 0 aromatic heterocycles. The zero-order valence-corrected chi connectivity index (χ0v) is 15.2. The molecule has 0 bridgehead atoms. The number of carboxylic acids is 1. The highest BCUT2D eigenvalue weighted by Gasteiger charge is 2.68. The predicted molar refractivity (Wildman–Crippen MR) is 90.3 cm³/mol. The van der Waals surface area contributed by atoms with E-state index in [1.807, 2.05) is 0 Å². The molecule has 0 aliphatic carbocycles. The molecule has 2 heterocycles. The lowest BCUT2D eigenvalue weighted by Gasteiger charge is -2.42. The van der Waals surface area contributed by atoms with Gasteiger partial charge in [0.05, 0.1) is 21.3 Å². The standard InChI is InChI=1S/C15H18N2O6S2/c1-15(2)11(14(19)20)17-12(18)10(13(17)24(15)21)16-25(22,23)8-9-6-4-3-5-7-9/h3-7,10-11,13,16H,8H2,1-2H3,(H,19,20)/t10-,11+,13-,24-/m1/s1. The molecule has 1 aromatic carbocycles. The first-order valence-corrected chi connectivity index (χ1v) is 10.4. The third kappa shape index (κ3) is 2.87. The molecular formula is C15H18N2O6S2. The normalized spacial score (nSPS) is 30.6. The fourth-order valence-electron chi connectivity index (χ4n) is 3.30. The van der Waals surface area contributed by atoms with E-state index in [1.165, 1.54) is 13.8 Å². The van der Waals surface area contributed by atoms with E-state index in [4.69, 9.17) is 0 Å². The molecule has 2 aliphatic rings. The Morgan fingerprint density at radius 2 is 1.92 bits per heavy atom. The highest BCUT2D eigenvalue weighted by Crippen LogP contribution is 2.43. The molecule has 2 fully saturated rings. The van der Waals surface area contributed by atoms with Crippen molar-refractivity contribution in [1.82, 2.24) is 9.62 Å². The maximum absolute atomic E-state index is 12.6. The second kappa shape index (κ2) is 5.89. The molecule has 4 atom stereocenters. The van der Waals surface area contributed by atoms with Crippen LogP contribution in [0.1, 0.15) is 19.4 Å². The Bertz CT molecular complexity index is 852. The summed E-state index contributed by atoms with van der Waals surface area (Å²) in [6, 6.07) is 6.02. The van der Waals surface area contributed by atoms with Crippen LogP contribution in [0.2, 0.25) is 0 Å². The van der Waals surface area contributed by atoms with Crippen molar-refractivity contribution in [2.24, 2.45) is 0 Å². The first kappa shape index (κ1) is 18.0. The number of β-lactam (4-membered cyclic amide) rings is 1. The van der Waals surface area contributed by atoms with E-state index in [2.05, 4.69) is 4.72 Å². The molecule has 0 spiro atoms. The Morgan fingerprint density at radius 3 is 2.48 bits per heavy atom. The number of hydrogen-bond donors (Lipinski definition) is 2. The van der Waals surface area contributed by atoms with E-state index in [1.54, 1.807) is 30.3 Å². The Labute approximate surface area is 147 Å². The second-order valence-electron chi connectivity index (χ2n) is 6.62. The molecule has 136 valence electrons. The Balaban J connectivity index is 1.81. The van der Waals surface area contributed by atoms with Gasteiger partial charge in [-0.05, 0) is 19.4 Å². The monoisotopic (exact) mass is 386 g/mol. The van der Waals surface area contributed by atoms with E-state index >= 15 is 0 Å². The van der Waals surface area contributed by atoms with Gasteiger partial charge in [0.15, 0.2) is 0 Å². The molecule has 3 rings (SSSR count). The van der Waals surface area contributed by atoms with Gasteiger partial charge in [-0.15, -0.1) is 0 Å². The van der Waals surface area contributed by atoms with Crippen LogP contribution >= 0.6 is 0 Å². The van der Waals surface area contributed by atoms with Gasteiger partial charge in [0.25, 0.3) is 0 Å². The summed E-state index contributed by atoms with van der Waals surface area (Å²) in [5, 5.41) is 8.39. The van der Waals surface area contributed by atoms with Gasteiger partial charge in [0.1, 0.15) is 17.5 Å². The number of rotatable bonds is 5. The van der Waals surface area contributed by atoms with Crippen molar-refractivity contribution in [1.29, 1.82) is 0 Å². The quantitative estimate of drug-likeness (QED) is 0.667. The average molecular weight is 386 g/mol. The minimum atomic E-state index is -3.84. The van der Waals surface area contributed by atoms with Crippen LogP contribution in [0.3, 0.4) is 0 Å². The number of aliphatic carboxylic acids is 1. The number of amides is 1. The van der Waals surface area contributed by atoms with Gasteiger partial charge in [0, 0.05) is 0 Å². The number of sulfonamides is 1. The van der Waals surface area contributed by atoms with Crippen molar-refractivity contribution in [3.8, 4) is 0 Å². The summed E-state index contributed by atoms with van der Waals surface area (Å²) in [5.74, 6) is -2.23. The van der Waals surface area contributed by atoms with Gasteiger partial charge in [-0.1, -0.05) is 30.3 Å². The Morgan fingerprint density at radius 1 is 1.32 bits per heavy atom. The van der Waals surface area contributed by atoms with Crippen molar-refractivity contribution in [3.05, 3.63) is 35.9 Å².